The molecule has 0 aliphatic carbocycles. The Bertz CT molecular complexity index is 383. The number of esters is 1. The Hall–Kier alpha value is -1.35. The monoisotopic (exact) mass is 247 g/mol. The quantitative estimate of drug-likeness (QED) is 0.831. The SMILES string of the molecule is CCCC(=O)OC1(c2ccccc2)CCNCC1. The minimum absolute atomic E-state index is 0.0803. The van der Waals surface area contributed by atoms with Crippen molar-refractivity contribution in [3.8, 4) is 0 Å². The molecule has 1 saturated heterocycles. The van der Waals surface area contributed by atoms with Crippen molar-refractivity contribution in [3.63, 3.8) is 0 Å². The average molecular weight is 247 g/mol. The van der Waals surface area contributed by atoms with Crippen molar-refractivity contribution in [2.45, 2.75) is 38.2 Å². The molecule has 0 bridgehead atoms. The predicted molar refractivity (Wildman–Crippen MR) is 71.2 cm³/mol. The van der Waals surface area contributed by atoms with Gasteiger partial charge in [-0.2, -0.15) is 0 Å². The molecule has 98 valence electrons. The molecule has 0 saturated carbocycles. The molecule has 1 fully saturated rings. The first-order chi connectivity index (χ1) is 8.77. The van der Waals surface area contributed by atoms with E-state index in [-0.39, 0.29) is 5.97 Å². The third-order valence-corrected chi connectivity index (χ3v) is 3.47. The molecule has 0 aromatic heterocycles. The van der Waals surface area contributed by atoms with Gasteiger partial charge in [-0.15, -0.1) is 0 Å². The Morgan fingerprint density at radius 3 is 2.56 bits per heavy atom. The topological polar surface area (TPSA) is 38.3 Å². The lowest BCUT2D eigenvalue weighted by atomic mass is 9.84. The first kappa shape index (κ1) is 13.1. The lowest BCUT2D eigenvalue weighted by Gasteiger charge is -2.37. The van der Waals surface area contributed by atoms with E-state index in [0.29, 0.717) is 6.42 Å². The maximum absolute atomic E-state index is 11.8. The van der Waals surface area contributed by atoms with Crippen LogP contribution < -0.4 is 5.32 Å². The van der Waals surface area contributed by atoms with Crippen LogP contribution in [0.25, 0.3) is 0 Å². The van der Waals surface area contributed by atoms with E-state index in [0.717, 1.165) is 37.9 Å². The summed E-state index contributed by atoms with van der Waals surface area (Å²) in [6.45, 7) is 3.79. The second kappa shape index (κ2) is 6.01. The van der Waals surface area contributed by atoms with Gasteiger partial charge < -0.3 is 10.1 Å². The normalized spacial score (nSPS) is 18.3. The van der Waals surface area contributed by atoms with E-state index in [1.807, 2.05) is 25.1 Å². The van der Waals surface area contributed by atoms with Gasteiger partial charge in [-0.1, -0.05) is 37.3 Å². The number of benzene rings is 1. The molecule has 1 aromatic rings. The molecule has 3 heteroatoms. The van der Waals surface area contributed by atoms with E-state index < -0.39 is 5.60 Å². The van der Waals surface area contributed by atoms with Crippen molar-refractivity contribution >= 4 is 5.97 Å². The minimum Gasteiger partial charge on any atom is -0.454 e. The van der Waals surface area contributed by atoms with Crippen molar-refractivity contribution in [1.29, 1.82) is 0 Å². The highest BCUT2D eigenvalue weighted by molar-refractivity contribution is 5.70. The summed E-state index contributed by atoms with van der Waals surface area (Å²) < 4.78 is 5.83. The van der Waals surface area contributed by atoms with E-state index in [1.165, 1.54) is 0 Å². The fraction of sp³-hybridized carbons (Fsp3) is 0.533. The summed E-state index contributed by atoms with van der Waals surface area (Å²) >= 11 is 0. The number of hydrogen-bond acceptors (Lipinski definition) is 3. The number of rotatable bonds is 4. The number of nitrogens with one attached hydrogen (secondary N) is 1. The molecule has 3 nitrogen and oxygen atoms in total. The summed E-state index contributed by atoms with van der Waals surface area (Å²) in [6, 6.07) is 10.1. The molecule has 0 spiro atoms. The standard InChI is InChI=1S/C15H21NO2/c1-2-6-14(17)18-15(9-11-16-12-10-15)13-7-4-3-5-8-13/h3-5,7-8,16H,2,6,9-12H2,1H3. The van der Waals surface area contributed by atoms with Gasteiger partial charge in [0, 0.05) is 19.3 Å². The van der Waals surface area contributed by atoms with Gasteiger partial charge in [-0.3, -0.25) is 4.79 Å². The lowest BCUT2D eigenvalue weighted by Crippen LogP contribution is -2.43. The number of piperidine rings is 1. The maximum Gasteiger partial charge on any atom is 0.306 e. The van der Waals surface area contributed by atoms with Gasteiger partial charge >= 0.3 is 5.97 Å². The molecule has 0 amide bonds. The third-order valence-electron chi connectivity index (χ3n) is 3.47. The smallest absolute Gasteiger partial charge is 0.306 e. The molecule has 0 atom stereocenters. The van der Waals surface area contributed by atoms with Crippen LogP contribution in [-0.4, -0.2) is 19.1 Å². The van der Waals surface area contributed by atoms with Gasteiger partial charge in [-0.05, 0) is 25.1 Å². The van der Waals surface area contributed by atoms with Crippen LogP contribution in [0.1, 0.15) is 38.2 Å². The molecule has 2 rings (SSSR count). The lowest BCUT2D eigenvalue weighted by molar-refractivity contribution is -0.164. The van der Waals surface area contributed by atoms with Crippen molar-refractivity contribution in [3.05, 3.63) is 35.9 Å². The first-order valence-electron chi connectivity index (χ1n) is 6.75. The predicted octanol–water partition coefficient (Wildman–Crippen LogP) is 2.61. The van der Waals surface area contributed by atoms with Gasteiger partial charge in [0.05, 0.1) is 0 Å². The second-order valence-electron chi connectivity index (χ2n) is 4.83. The van der Waals surface area contributed by atoms with Gasteiger partial charge in [-0.25, -0.2) is 0 Å². The van der Waals surface area contributed by atoms with E-state index in [1.54, 1.807) is 0 Å². The Kier molecular flexibility index (Phi) is 4.37. The van der Waals surface area contributed by atoms with E-state index in [9.17, 15) is 4.79 Å². The van der Waals surface area contributed by atoms with Crippen LogP contribution in [0.5, 0.6) is 0 Å². The Labute approximate surface area is 109 Å². The highest BCUT2D eigenvalue weighted by atomic mass is 16.6. The fourth-order valence-electron chi connectivity index (χ4n) is 2.50. The average Bonchev–Trinajstić information content (AvgIpc) is 2.41. The summed E-state index contributed by atoms with van der Waals surface area (Å²) in [5.74, 6) is -0.0803. The molecule has 0 radical (unpaired) electrons. The molecule has 0 unspecified atom stereocenters. The molecular weight excluding hydrogens is 226 g/mol. The molecule has 18 heavy (non-hydrogen) atoms. The van der Waals surface area contributed by atoms with Crippen molar-refractivity contribution in [1.82, 2.24) is 5.32 Å². The van der Waals surface area contributed by atoms with Crippen LogP contribution in [-0.2, 0) is 15.1 Å². The van der Waals surface area contributed by atoms with Gasteiger partial charge in [0.2, 0.25) is 0 Å². The number of carbonyl (C=O) groups excluding carboxylic acids is 1. The number of hydrogen-bond donors (Lipinski definition) is 1. The zero-order chi connectivity index (χ0) is 12.8. The molecule has 1 heterocycles. The van der Waals surface area contributed by atoms with Gasteiger partial charge in [0.25, 0.3) is 0 Å². The van der Waals surface area contributed by atoms with E-state index >= 15 is 0 Å². The van der Waals surface area contributed by atoms with Crippen LogP contribution in [0.4, 0.5) is 0 Å². The second-order valence-corrected chi connectivity index (χ2v) is 4.83. The highest BCUT2D eigenvalue weighted by Gasteiger charge is 2.37. The molecule has 1 aromatic carbocycles. The fourth-order valence-corrected chi connectivity index (χ4v) is 2.50. The largest absolute Gasteiger partial charge is 0.454 e. The van der Waals surface area contributed by atoms with Crippen LogP contribution >= 0.6 is 0 Å². The molecule has 1 aliphatic rings. The molecule has 1 aliphatic heterocycles. The number of carbonyl (C=O) groups is 1. The van der Waals surface area contributed by atoms with Crippen LogP contribution in [0.15, 0.2) is 30.3 Å². The summed E-state index contributed by atoms with van der Waals surface area (Å²) in [6.07, 6.45) is 3.04. The Morgan fingerprint density at radius 2 is 1.94 bits per heavy atom. The Morgan fingerprint density at radius 1 is 1.28 bits per heavy atom. The minimum atomic E-state index is -0.418. The Balaban J connectivity index is 2.20. The van der Waals surface area contributed by atoms with Crippen LogP contribution in [0.3, 0.4) is 0 Å². The summed E-state index contributed by atoms with van der Waals surface area (Å²) in [5, 5.41) is 3.32. The number of ether oxygens (including phenoxy) is 1. The third kappa shape index (κ3) is 2.91. The first-order valence-corrected chi connectivity index (χ1v) is 6.75. The van der Waals surface area contributed by atoms with Crippen molar-refractivity contribution < 1.29 is 9.53 Å². The highest BCUT2D eigenvalue weighted by Crippen LogP contribution is 2.35. The van der Waals surface area contributed by atoms with Crippen LogP contribution in [0, 0.1) is 0 Å². The van der Waals surface area contributed by atoms with Crippen molar-refractivity contribution in [2.24, 2.45) is 0 Å². The van der Waals surface area contributed by atoms with E-state index in [2.05, 4.69) is 17.4 Å². The van der Waals surface area contributed by atoms with E-state index in [4.69, 9.17) is 4.74 Å². The summed E-state index contributed by atoms with van der Waals surface area (Å²) in [5.41, 5.74) is 0.703. The maximum atomic E-state index is 11.8. The zero-order valence-corrected chi connectivity index (χ0v) is 10.9. The van der Waals surface area contributed by atoms with Crippen LogP contribution in [0.2, 0.25) is 0 Å². The summed E-state index contributed by atoms with van der Waals surface area (Å²) in [7, 11) is 0. The van der Waals surface area contributed by atoms with Crippen molar-refractivity contribution in [2.75, 3.05) is 13.1 Å². The zero-order valence-electron chi connectivity index (χ0n) is 10.9. The molecular formula is C15H21NO2. The van der Waals surface area contributed by atoms with Gasteiger partial charge in [0.1, 0.15) is 5.60 Å². The molecule has 1 N–H and O–H groups in total. The van der Waals surface area contributed by atoms with Gasteiger partial charge in [0.15, 0.2) is 0 Å². The summed E-state index contributed by atoms with van der Waals surface area (Å²) in [4.78, 5) is 11.8.